The van der Waals surface area contributed by atoms with Crippen LogP contribution < -0.4 is 0 Å². The second kappa shape index (κ2) is 6.98. The third-order valence-corrected chi connectivity index (χ3v) is 4.81. The number of nitrogens with zero attached hydrogens (tertiary/aromatic N) is 2. The number of pyridine rings is 1. The van der Waals surface area contributed by atoms with Crippen LogP contribution in [-0.4, -0.2) is 36.2 Å². The van der Waals surface area contributed by atoms with E-state index in [2.05, 4.69) is 16.8 Å². The van der Waals surface area contributed by atoms with Crippen molar-refractivity contribution in [3.8, 4) is 0 Å². The molecule has 7 heteroatoms. The molecule has 4 nitrogen and oxygen atoms in total. The van der Waals surface area contributed by atoms with Gasteiger partial charge < -0.3 is 9.47 Å². The Morgan fingerprint density at radius 3 is 2.62 bits per heavy atom. The molecule has 134 valence electrons. The SMILES string of the molecule is CC(c1cnc(C2OCCO2)c(C(F)(F)F)c1)N1CCC[C@H](C)C1. The van der Waals surface area contributed by atoms with Gasteiger partial charge in [-0.2, -0.15) is 13.2 Å². The summed E-state index contributed by atoms with van der Waals surface area (Å²) in [5.41, 5.74) is -0.357. The fourth-order valence-electron chi connectivity index (χ4n) is 3.44. The van der Waals surface area contributed by atoms with Gasteiger partial charge in [0.25, 0.3) is 0 Å². The van der Waals surface area contributed by atoms with Crippen molar-refractivity contribution in [2.75, 3.05) is 26.3 Å². The molecule has 2 saturated heterocycles. The summed E-state index contributed by atoms with van der Waals surface area (Å²) in [5.74, 6) is 0.566. The normalized spacial score (nSPS) is 25.1. The zero-order chi connectivity index (χ0) is 17.3. The van der Waals surface area contributed by atoms with Crippen LogP contribution in [0, 0.1) is 5.92 Å². The molecule has 2 fully saturated rings. The van der Waals surface area contributed by atoms with Crippen LogP contribution in [0.5, 0.6) is 0 Å². The quantitative estimate of drug-likeness (QED) is 0.832. The van der Waals surface area contributed by atoms with Crippen molar-refractivity contribution >= 4 is 0 Å². The van der Waals surface area contributed by atoms with Gasteiger partial charge in [-0.1, -0.05) is 6.92 Å². The lowest BCUT2D eigenvalue weighted by molar-refractivity contribution is -0.143. The minimum Gasteiger partial charge on any atom is -0.345 e. The first-order chi connectivity index (χ1) is 11.4. The van der Waals surface area contributed by atoms with Crippen molar-refractivity contribution in [1.29, 1.82) is 0 Å². The third kappa shape index (κ3) is 3.73. The van der Waals surface area contributed by atoms with E-state index in [1.165, 1.54) is 18.7 Å². The Bertz CT molecular complexity index is 573. The lowest BCUT2D eigenvalue weighted by Gasteiger charge is -2.36. The van der Waals surface area contributed by atoms with Crippen molar-refractivity contribution in [2.24, 2.45) is 5.92 Å². The van der Waals surface area contributed by atoms with Gasteiger partial charge in [-0.15, -0.1) is 0 Å². The van der Waals surface area contributed by atoms with Crippen LogP contribution in [0.1, 0.15) is 55.8 Å². The summed E-state index contributed by atoms with van der Waals surface area (Å²) in [7, 11) is 0. The van der Waals surface area contributed by atoms with E-state index in [0.717, 1.165) is 19.5 Å². The largest absolute Gasteiger partial charge is 0.418 e. The van der Waals surface area contributed by atoms with Crippen molar-refractivity contribution in [3.05, 3.63) is 29.1 Å². The van der Waals surface area contributed by atoms with Gasteiger partial charge in [0.2, 0.25) is 6.29 Å². The molecule has 0 saturated carbocycles. The molecule has 24 heavy (non-hydrogen) atoms. The highest BCUT2D eigenvalue weighted by Gasteiger charge is 2.39. The molecule has 0 aromatic carbocycles. The van der Waals surface area contributed by atoms with E-state index in [0.29, 0.717) is 11.5 Å². The molecule has 1 aromatic heterocycles. The summed E-state index contributed by atoms with van der Waals surface area (Å²) in [6.07, 6.45) is -1.74. The van der Waals surface area contributed by atoms with Gasteiger partial charge in [-0.3, -0.25) is 9.88 Å². The number of hydrogen-bond acceptors (Lipinski definition) is 4. The fourth-order valence-corrected chi connectivity index (χ4v) is 3.44. The minimum atomic E-state index is -4.48. The summed E-state index contributed by atoms with van der Waals surface area (Å²) < 4.78 is 50.9. The number of piperidine rings is 1. The molecule has 1 unspecified atom stereocenters. The average Bonchev–Trinajstić information content (AvgIpc) is 3.07. The Hall–Kier alpha value is -1.18. The number of ether oxygens (including phenoxy) is 2. The Morgan fingerprint density at radius 1 is 1.29 bits per heavy atom. The number of likely N-dealkylation sites (tertiary alicyclic amines) is 1. The Labute approximate surface area is 140 Å². The average molecular weight is 344 g/mol. The smallest absolute Gasteiger partial charge is 0.345 e. The second-order valence-corrected chi connectivity index (χ2v) is 6.69. The highest BCUT2D eigenvalue weighted by atomic mass is 19.4. The molecule has 2 aliphatic rings. The van der Waals surface area contributed by atoms with Crippen LogP contribution in [0.15, 0.2) is 12.3 Å². The summed E-state index contributed by atoms with van der Waals surface area (Å²) in [5, 5.41) is 0. The molecule has 2 atom stereocenters. The molecule has 3 rings (SSSR count). The molecule has 0 radical (unpaired) electrons. The minimum absolute atomic E-state index is 0.0965. The van der Waals surface area contributed by atoms with Crippen molar-refractivity contribution in [3.63, 3.8) is 0 Å². The molecule has 2 aliphatic heterocycles. The fraction of sp³-hybridized carbons (Fsp3) is 0.706. The maximum atomic E-state index is 13.5. The Morgan fingerprint density at radius 2 is 2.00 bits per heavy atom. The molecule has 1 aromatic rings. The van der Waals surface area contributed by atoms with Crippen LogP contribution in [0.4, 0.5) is 13.2 Å². The van der Waals surface area contributed by atoms with E-state index in [4.69, 9.17) is 9.47 Å². The van der Waals surface area contributed by atoms with Crippen LogP contribution >= 0.6 is 0 Å². The van der Waals surface area contributed by atoms with Gasteiger partial charge in [0, 0.05) is 18.8 Å². The molecule has 3 heterocycles. The van der Waals surface area contributed by atoms with Crippen LogP contribution in [0.25, 0.3) is 0 Å². The van der Waals surface area contributed by atoms with Crippen molar-refractivity contribution in [1.82, 2.24) is 9.88 Å². The van der Waals surface area contributed by atoms with Gasteiger partial charge in [-0.25, -0.2) is 0 Å². The lowest BCUT2D eigenvalue weighted by atomic mass is 9.96. The monoisotopic (exact) mass is 344 g/mol. The first-order valence-electron chi connectivity index (χ1n) is 8.40. The predicted octanol–water partition coefficient (Wildman–Crippen LogP) is 3.94. The first kappa shape index (κ1) is 17.6. The second-order valence-electron chi connectivity index (χ2n) is 6.69. The first-order valence-corrected chi connectivity index (χ1v) is 8.40. The van der Waals surface area contributed by atoms with Crippen LogP contribution in [-0.2, 0) is 15.7 Å². The maximum absolute atomic E-state index is 13.5. The van der Waals surface area contributed by atoms with Crippen molar-refractivity contribution in [2.45, 2.75) is 45.2 Å². The number of alkyl halides is 3. The molecule has 0 N–H and O–H groups in total. The summed E-state index contributed by atoms with van der Waals surface area (Å²) in [6.45, 7) is 6.50. The van der Waals surface area contributed by atoms with E-state index >= 15 is 0 Å². The Balaban J connectivity index is 1.89. The van der Waals surface area contributed by atoms with E-state index in [1.807, 2.05) is 6.92 Å². The van der Waals surface area contributed by atoms with Gasteiger partial charge in [0.05, 0.1) is 18.8 Å². The molecular weight excluding hydrogens is 321 g/mol. The zero-order valence-corrected chi connectivity index (χ0v) is 14.0. The number of hydrogen-bond donors (Lipinski definition) is 0. The summed E-state index contributed by atoms with van der Waals surface area (Å²) in [4.78, 5) is 6.30. The van der Waals surface area contributed by atoms with E-state index in [-0.39, 0.29) is 24.9 Å². The number of aromatic nitrogens is 1. The van der Waals surface area contributed by atoms with Crippen LogP contribution in [0.3, 0.4) is 0 Å². The predicted molar refractivity (Wildman–Crippen MR) is 82.3 cm³/mol. The summed E-state index contributed by atoms with van der Waals surface area (Å²) in [6, 6.07) is 1.11. The molecular formula is C17H23F3N2O2. The van der Waals surface area contributed by atoms with Gasteiger partial charge >= 0.3 is 6.18 Å². The standard InChI is InChI=1S/C17H23F3N2O2/c1-11-4-3-5-22(10-11)12(2)13-8-14(17(18,19)20)15(21-9-13)16-23-6-7-24-16/h8-9,11-12,16H,3-7,10H2,1-2H3/t11-,12?/m0/s1. The highest BCUT2D eigenvalue weighted by Crippen LogP contribution is 2.38. The summed E-state index contributed by atoms with van der Waals surface area (Å²) >= 11 is 0. The van der Waals surface area contributed by atoms with E-state index in [9.17, 15) is 13.2 Å². The van der Waals surface area contributed by atoms with Gasteiger partial charge in [0.1, 0.15) is 5.69 Å². The van der Waals surface area contributed by atoms with E-state index in [1.54, 1.807) is 0 Å². The van der Waals surface area contributed by atoms with E-state index < -0.39 is 18.0 Å². The molecule has 0 spiro atoms. The highest BCUT2D eigenvalue weighted by molar-refractivity contribution is 5.30. The van der Waals surface area contributed by atoms with Crippen molar-refractivity contribution < 1.29 is 22.6 Å². The molecule has 0 amide bonds. The lowest BCUT2D eigenvalue weighted by Crippen LogP contribution is -2.36. The number of rotatable bonds is 3. The molecule has 0 bridgehead atoms. The zero-order valence-electron chi connectivity index (χ0n) is 14.0. The topological polar surface area (TPSA) is 34.6 Å². The van der Waals surface area contributed by atoms with Crippen LogP contribution in [0.2, 0.25) is 0 Å². The Kier molecular flexibility index (Phi) is 5.13. The molecule has 0 aliphatic carbocycles. The number of halogens is 3. The van der Waals surface area contributed by atoms with Gasteiger partial charge in [0.15, 0.2) is 0 Å². The third-order valence-electron chi connectivity index (χ3n) is 4.81. The van der Waals surface area contributed by atoms with Gasteiger partial charge in [-0.05, 0) is 43.9 Å². The maximum Gasteiger partial charge on any atom is 0.418 e.